The van der Waals surface area contributed by atoms with E-state index in [0.717, 1.165) is 11.3 Å². The van der Waals surface area contributed by atoms with Gasteiger partial charge in [-0.05, 0) is 37.3 Å². The molecule has 3 rings (SSSR count). The van der Waals surface area contributed by atoms with Gasteiger partial charge in [-0.3, -0.25) is 0 Å². The van der Waals surface area contributed by atoms with Gasteiger partial charge in [0.1, 0.15) is 5.52 Å². The van der Waals surface area contributed by atoms with Crippen LogP contribution in [0.15, 0.2) is 41.5 Å². The zero-order valence-corrected chi connectivity index (χ0v) is 13.6. The van der Waals surface area contributed by atoms with Gasteiger partial charge in [-0.2, -0.15) is 0 Å². The molecule has 0 aliphatic carbocycles. The maximum Gasteiger partial charge on any atom is 0.180 e. The first-order valence-electron chi connectivity index (χ1n) is 7.27. The number of fused-ring (bicyclic) bond motifs is 1. The quantitative estimate of drug-likeness (QED) is 0.586. The van der Waals surface area contributed by atoms with Crippen molar-refractivity contribution < 1.29 is 9.47 Å². The van der Waals surface area contributed by atoms with Crippen LogP contribution in [-0.4, -0.2) is 35.0 Å². The second kappa shape index (κ2) is 6.49. The van der Waals surface area contributed by atoms with E-state index in [1.54, 1.807) is 27.3 Å². The molecule has 0 saturated heterocycles. The van der Waals surface area contributed by atoms with Crippen LogP contribution in [0.3, 0.4) is 0 Å². The van der Waals surface area contributed by atoms with Crippen molar-refractivity contribution in [2.75, 3.05) is 14.2 Å². The minimum Gasteiger partial charge on any atom is -0.493 e. The molecule has 2 N–H and O–H groups in total. The van der Waals surface area contributed by atoms with E-state index in [1.165, 1.54) is 0 Å². The van der Waals surface area contributed by atoms with Gasteiger partial charge < -0.3 is 15.2 Å². The van der Waals surface area contributed by atoms with Crippen LogP contribution in [-0.2, 0) is 0 Å². The minimum absolute atomic E-state index is 0.416. The van der Waals surface area contributed by atoms with Gasteiger partial charge in [-0.15, -0.1) is 0 Å². The minimum atomic E-state index is 0.416. The van der Waals surface area contributed by atoms with Crippen LogP contribution in [0.5, 0.6) is 11.5 Å². The van der Waals surface area contributed by atoms with Crippen molar-refractivity contribution in [1.82, 2.24) is 15.0 Å². The summed E-state index contributed by atoms with van der Waals surface area (Å²) < 4.78 is 10.6. The zero-order valence-electron chi connectivity index (χ0n) is 13.6. The lowest BCUT2D eigenvalue weighted by molar-refractivity contribution is 0.355. The van der Waals surface area contributed by atoms with Gasteiger partial charge in [0.05, 0.1) is 31.9 Å². The molecular weight excluding hydrogens is 306 g/mol. The Hall–Kier alpha value is -3.22. The van der Waals surface area contributed by atoms with Crippen LogP contribution in [0, 0.1) is 0 Å². The van der Waals surface area contributed by atoms with Gasteiger partial charge >= 0.3 is 0 Å². The third kappa shape index (κ3) is 3.10. The second-order valence-electron chi connectivity index (χ2n) is 5.09. The Morgan fingerprint density at radius 2 is 1.83 bits per heavy atom. The highest BCUT2D eigenvalue weighted by Crippen LogP contribution is 2.32. The average molecular weight is 323 g/mol. The molecule has 122 valence electrons. The molecule has 0 unspecified atom stereocenters. The number of ether oxygens (including phenoxy) is 2. The number of nitrogens with zero attached hydrogens (tertiary/aromatic N) is 4. The summed E-state index contributed by atoms with van der Waals surface area (Å²) in [7, 11) is 3.20. The van der Waals surface area contributed by atoms with Gasteiger partial charge in [0.2, 0.25) is 0 Å². The Kier molecular flexibility index (Phi) is 4.24. The highest BCUT2D eigenvalue weighted by Gasteiger charge is 2.09. The molecule has 0 saturated carbocycles. The number of aliphatic imine (C=N–C) groups is 1. The van der Waals surface area contributed by atoms with Crippen LogP contribution in [0.1, 0.15) is 6.92 Å². The second-order valence-corrected chi connectivity index (χ2v) is 5.09. The lowest BCUT2D eigenvalue weighted by Crippen LogP contribution is -2.04. The van der Waals surface area contributed by atoms with Crippen LogP contribution in [0.4, 0.5) is 5.82 Å². The highest BCUT2D eigenvalue weighted by atomic mass is 16.5. The number of amidine groups is 1. The van der Waals surface area contributed by atoms with Crippen molar-refractivity contribution in [3.8, 4) is 22.8 Å². The van der Waals surface area contributed by atoms with Crippen molar-refractivity contribution in [1.29, 1.82) is 0 Å². The van der Waals surface area contributed by atoms with Crippen molar-refractivity contribution >= 4 is 22.8 Å². The highest BCUT2D eigenvalue weighted by molar-refractivity contribution is 5.81. The summed E-state index contributed by atoms with van der Waals surface area (Å²) in [4.78, 5) is 17.3. The molecule has 0 amide bonds. The number of nitrogens with two attached hydrogens (primary N) is 1. The molecule has 0 fully saturated rings. The van der Waals surface area contributed by atoms with Gasteiger partial charge in [-0.1, -0.05) is 0 Å². The van der Waals surface area contributed by atoms with E-state index in [0.29, 0.717) is 34.3 Å². The fourth-order valence-corrected chi connectivity index (χ4v) is 2.28. The molecule has 0 spiro atoms. The first kappa shape index (κ1) is 15.7. The van der Waals surface area contributed by atoms with Gasteiger partial charge in [-0.25, -0.2) is 19.9 Å². The number of hydrogen-bond donors (Lipinski definition) is 1. The lowest BCUT2D eigenvalue weighted by Gasteiger charge is -2.09. The van der Waals surface area contributed by atoms with Gasteiger partial charge in [0.15, 0.2) is 23.0 Å². The zero-order chi connectivity index (χ0) is 17.1. The molecule has 0 aliphatic heterocycles. The fraction of sp³-hybridized carbons (Fsp3) is 0.176. The first-order valence-corrected chi connectivity index (χ1v) is 7.27. The third-order valence-electron chi connectivity index (χ3n) is 3.36. The third-order valence-corrected chi connectivity index (χ3v) is 3.36. The van der Waals surface area contributed by atoms with Crippen LogP contribution >= 0.6 is 0 Å². The number of rotatable bonds is 4. The van der Waals surface area contributed by atoms with Crippen LogP contribution in [0.25, 0.3) is 22.4 Å². The van der Waals surface area contributed by atoms with Crippen molar-refractivity contribution in [3.63, 3.8) is 0 Å². The molecule has 0 bridgehead atoms. The van der Waals surface area contributed by atoms with Crippen LogP contribution < -0.4 is 15.2 Å². The van der Waals surface area contributed by atoms with Crippen molar-refractivity contribution in [2.24, 2.45) is 10.7 Å². The molecule has 2 heterocycles. The maximum atomic E-state index is 5.58. The Morgan fingerprint density at radius 3 is 2.54 bits per heavy atom. The topological polar surface area (TPSA) is 95.5 Å². The molecule has 7 nitrogen and oxygen atoms in total. The SMILES string of the molecule is COc1ccc(-c2ccc3ncc(N=C(C)N)nc3n2)cc1OC. The summed E-state index contributed by atoms with van der Waals surface area (Å²) in [6.07, 6.45) is 1.57. The molecular formula is C17H17N5O2. The normalized spacial score (nSPS) is 11.5. The lowest BCUT2D eigenvalue weighted by atomic mass is 10.1. The van der Waals surface area contributed by atoms with E-state index < -0.39 is 0 Å². The molecule has 0 radical (unpaired) electrons. The smallest absolute Gasteiger partial charge is 0.180 e. The summed E-state index contributed by atoms with van der Waals surface area (Å²) >= 11 is 0. The summed E-state index contributed by atoms with van der Waals surface area (Å²) in [6, 6.07) is 9.37. The van der Waals surface area contributed by atoms with E-state index in [2.05, 4.69) is 19.9 Å². The molecule has 24 heavy (non-hydrogen) atoms. The number of methoxy groups -OCH3 is 2. The molecule has 0 aliphatic rings. The molecule has 7 heteroatoms. The van der Waals surface area contributed by atoms with Crippen LogP contribution in [0.2, 0.25) is 0 Å². The number of hydrogen-bond acceptors (Lipinski definition) is 6. The molecule has 2 aromatic heterocycles. The summed E-state index contributed by atoms with van der Waals surface area (Å²) in [6.45, 7) is 1.69. The molecule has 3 aromatic rings. The fourth-order valence-electron chi connectivity index (χ4n) is 2.28. The van der Waals surface area contributed by atoms with E-state index in [4.69, 9.17) is 15.2 Å². The van der Waals surface area contributed by atoms with Gasteiger partial charge in [0, 0.05) is 5.56 Å². The van der Waals surface area contributed by atoms with E-state index in [-0.39, 0.29) is 0 Å². The largest absolute Gasteiger partial charge is 0.493 e. The standard InChI is InChI=1S/C17H17N5O2/c1-10(18)20-16-9-19-13-6-5-12(21-17(13)22-16)11-4-7-14(23-2)15(8-11)24-3/h4-9H,1-3H3,(H2,18,20,21,22). The summed E-state index contributed by atoms with van der Waals surface area (Å²) in [5, 5.41) is 0. The first-order chi connectivity index (χ1) is 11.6. The Balaban J connectivity index is 2.08. The number of aromatic nitrogens is 3. The van der Waals surface area contributed by atoms with E-state index >= 15 is 0 Å². The van der Waals surface area contributed by atoms with Crippen molar-refractivity contribution in [3.05, 3.63) is 36.5 Å². The monoisotopic (exact) mass is 323 g/mol. The number of benzene rings is 1. The summed E-state index contributed by atoms with van der Waals surface area (Å²) in [5.41, 5.74) is 8.42. The maximum absolute atomic E-state index is 5.58. The predicted molar refractivity (Wildman–Crippen MR) is 92.8 cm³/mol. The number of pyridine rings is 1. The van der Waals surface area contributed by atoms with Crippen molar-refractivity contribution in [2.45, 2.75) is 6.92 Å². The van der Waals surface area contributed by atoms with Gasteiger partial charge in [0.25, 0.3) is 0 Å². The molecule has 0 atom stereocenters. The summed E-state index contributed by atoms with van der Waals surface area (Å²) in [5.74, 6) is 2.15. The average Bonchev–Trinajstić information content (AvgIpc) is 2.60. The van der Waals surface area contributed by atoms with E-state index in [1.807, 2.05) is 30.3 Å². The van der Waals surface area contributed by atoms with E-state index in [9.17, 15) is 0 Å². The predicted octanol–water partition coefficient (Wildman–Crippen LogP) is 2.72. The Morgan fingerprint density at radius 1 is 1.04 bits per heavy atom. The molecule has 1 aromatic carbocycles. The Labute approximate surface area is 139 Å². The Bertz CT molecular complexity index is 920.